The Morgan fingerprint density at radius 3 is 2.24 bits per heavy atom. The number of rotatable bonds is 9. The fourth-order valence-corrected chi connectivity index (χ4v) is 5.11. The van der Waals surface area contributed by atoms with E-state index in [9.17, 15) is 4.57 Å². The van der Waals surface area contributed by atoms with Crippen molar-refractivity contribution >= 4 is 20.9 Å². The highest BCUT2D eigenvalue weighted by Gasteiger charge is 2.22. The lowest BCUT2D eigenvalue weighted by Crippen LogP contribution is -2.37. The molecule has 0 N–H and O–H groups in total. The van der Waals surface area contributed by atoms with Crippen LogP contribution in [0.4, 0.5) is 0 Å². The van der Waals surface area contributed by atoms with E-state index < -0.39 is 15.7 Å². The van der Waals surface area contributed by atoms with Crippen molar-refractivity contribution in [1.29, 1.82) is 0 Å². The minimum Gasteiger partial charge on any atom is -0.309 e. The Morgan fingerprint density at radius 2 is 1.71 bits per heavy atom. The zero-order valence-electron chi connectivity index (χ0n) is 14.0. The Kier molecular flexibility index (Phi) is 7.35. The second-order valence-electron chi connectivity index (χ2n) is 6.22. The molecule has 120 valence electrons. The Labute approximate surface area is 130 Å². The summed E-state index contributed by atoms with van der Waals surface area (Å²) in [5.41, 5.74) is 1.31. The van der Waals surface area contributed by atoms with Gasteiger partial charge in [0.2, 0.25) is 0 Å². The molecule has 0 aliphatic carbocycles. The highest BCUT2D eigenvalue weighted by Crippen LogP contribution is 2.48. The minimum absolute atomic E-state index is 0.433. The van der Waals surface area contributed by atoms with E-state index in [0.717, 1.165) is 12.8 Å². The van der Waals surface area contributed by atoms with E-state index in [1.165, 1.54) is 10.8 Å². The number of hydrogen-bond acceptors (Lipinski definition) is 3. The van der Waals surface area contributed by atoms with Gasteiger partial charge in [-0.2, -0.15) is 0 Å². The zero-order chi connectivity index (χ0) is 15.9. The van der Waals surface area contributed by atoms with Gasteiger partial charge in [0.15, 0.2) is 0 Å². The molecule has 0 spiro atoms. The lowest BCUT2D eigenvalue weighted by Gasteiger charge is -2.18. The molecule has 21 heavy (non-hydrogen) atoms. The van der Waals surface area contributed by atoms with Gasteiger partial charge < -0.3 is 9.05 Å². The summed E-state index contributed by atoms with van der Waals surface area (Å²) in [7, 11) is -4.16. The van der Waals surface area contributed by atoms with Crippen molar-refractivity contribution in [2.45, 2.75) is 46.3 Å². The van der Waals surface area contributed by atoms with Crippen molar-refractivity contribution in [2.75, 3.05) is 19.4 Å². The number of hydrogen-bond donors (Lipinski definition) is 0. The van der Waals surface area contributed by atoms with Crippen LogP contribution in [0.1, 0.15) is 25.8 Å². The van der Waals surface area contributed by atoms with E-state index in [-0.39, 0.29) is 0 Å². The van der Waals surface area contributed by atoms with Crippen LogP contribution in [0.15, 0.2) is 24.3 Å². The number of aryl methyl sites for hydroxylation is 1. The third kappa shape index (κ3) is 6.48. The zero-order valence-corrected chi connectivity index (χ0v) is 15.9. The minimum atomic E-state index is -2.89. The molecule has 3 nitrogen and oxygen atoms in total. The van der Waals surface area contributed by atoms with Gasteiger partial charge in [0.1, 0.15) is 0 Å². The van der Waals surface area contributed by atoms with Crippen molar-refractivity contribution in [3.05, 3.63) is 29.8 Å². The molecule has 0 radical (unpaired) electrons. The van der Waals surface area contributed by atoms with Crippen LogP contribution in [0.5, 0.6) is 0 Å². The van der Waals surface area contributed by atoms with Crippen molar-refractivity contribution in [3.63, 3.8) is 0 Å². The highest BCUT2D eigenvalue weighted by molar-refractivity contribution is 7.53. The molecule has 5 heteroatoms. The van der Waals surface area contributed by atoms with Gasteiger partial charge in [0.05, 0.1) is 27.4 Å². The predicted octanol–water partition coefficient (Wildman–Crippen LogP) is 4.43. The molecule has 0 saturated carbocycles. The van der Waals surface area contributed by atoms with Crippen molar-refractivity contribution < 1.29 is 13.6 Å². The Morgan fingerprint density at radius 1 is 1.10 bits per heavy atom. The van der Waals surface area contributed by atoms with Gasteiger partial charge in [0, 0.05) is 0 Å². The molecular formula is C16H29O3PSi. The molecule has 1 rings (SSSR count). The van der Waals surface area contributed by atoms with Crippen molar-refractivity contribution in [2.24, 2.45) is 0 Å². The average molecular weight is 328 g/mol. The van der Waals surface area contributed by atoms with Crippen LogP contribution in [0.25, 0.3) is 0 Å². The SMILES string of the molecule is CCOP(=O)(CCCc1cccc([Si](C)(C)C)c1)OCC. The van der Waals surface area contributed by atoms with Gasteiger partial charge in [-0.25, -0.2) is 0 Å². The first-order valence-electron chi connectivity index (χ1n) is 7.78. The molecule has 0 fully saturated rings. The molecule has 0 bridgehead atoms. The molecule has 0 amide bonds. The second kappa shape index (κ2) is 8.28. The summed E-state index contributed by atoms with van der Waals surface area (Å²) in [4.78, 5) is 0. The fraction of sp³-hybridized carbons (Fsp3) is 0.625. The molecule has 0 aliphatic heterocycles. The maximum atomic E-state index is 12.4. The predicted molar refractivity (Wildman–Crippen MR) is 93.5 cm³/mol. The van der Waals surface area contributed by atoms with E-state index in [1.807, 2.05) is 13.8 Å². The van der Waals surface area contributed by atoms with Crippen LogP contribution in [0, 0.1) is 0 Å². The molecule has 0 atom stereocenters. The first kappa shape index (κ1) is 18.6. The fourth-order valence-electron chi connectivity index (χ4n) is 2.23. The largest absolute Gasteiger partial charge is 0.330 e. The Bertz CT molecular complexity index is 473. The van der Waals surface area contributed by atoms with Gasteiger partial charge in [-0.15, -0.1) is 0 Å². The summed E-state index contributed by atoms with van der Waals surface area (Å²) in [6, 6.07) is 8.81. The van der Waals surface area contributed by atoms with Crippen LogP contribution < -0.4 is 5.19 Å². The summed E-state index contributed by atoms with van der Waals surface area (Å²) in [5, 5.41) is 1.47. The van der Waals surface area contributed by atoms with E-state index in [4.69, 9.17) is 9.05 Å². The maximum Gasteiger partial charge on any atom is 0.330 e. The normalized spacial score (nSPS) is 12.6. The monoisotopic (exact) mass is 328 g/mol. The third-order valence-electron chi connectivity index (χ3n) is 3.34. The summed E-state index contributed by atoms with van der Waals surface area (Å²) >= 11 is 0. The lowest BCUT2D eigenvalue weighted by atomic mass is 10.1. The van der Waals surface area contributed by atoms with Gasteiger partial charge in [-0.1, -0.05) is 49.1 Å². The molecule has 0 aliphatic rings. The van der Waals surface area contributed by atoms with Gasteiger partial charge in [-0.05, 0) is 32.3 Å². The number of benzene rings is 1. The van der Waals surface area contributed by atoms with E-state index in [1.54, 1.807) is 0 Å². The van der Waals surface area contributed by atoms with E-state index >= 15 is 0 Å². The first-order chi connectivity index (χ1) is 9.80. The quantitative estimate of drug-likeness (QED) is 0.497. The lowest BCUT2D eigenvalue weighted by molar-refractivity contribution is 0.220. The standard InChI is InChI=1S/C16H29O3PSi/c1-6-18-20(17,19-7-2)13-9-11-15-10-8-12-16(14-15)21(3,4)5/h8,10,12,14H,6-7,9,11,13H2,1-5H3. The Balaban J connectivity index is 2.61. The van der Waals surface area contributed by atoms with Gasteiger partial charge >= 0.3 is 7.60 Å². The molecule has 0 aromatic heterocycles. The Hall–Kier alpha value is -0.413. The van der Waals surface area contributed by atoms with Gasteiger partial charge in [-0.3, -0.25) is 4.57 Å². The topological polar surface area (TPSA) is 35.5 Å². The average Bonchev–Trinajstić information content (AvgIpc) is 2.38. The van der Waals surface area contributed by atoms with E-state index in [2.05, 4.69) is 43.9 Å². The van der Waals surface area contributed by atoms with Crippen LogP contribution in [-0.2, 0) is 20.0 Å². The van der Waals surface area contributed by atoms with Crippen LogP contribution in [-0.4, -0.2) is 27.4 Å². The van der Waals surface area contributed by atoms with Crippen molar-refractivity contribution in [3.8, 4) is 0 Å². The summed E-state index contributed by atoms with van der Waals surface area (Å²) < 4.78 is 23.0. The molecule has 0 heterocycles. The third-order valence-corrected chi connectivity index (χ3v) is 7.55. The van der Waals surface area contributed by atoms with Gasteiger partial charge in [0.25, 0.3) is 0 Å². The summed E-state index contributed by atoms with van der Waals surface area (Å²) in [6.07, 6.45) is 2.24. The molecule has 1 aromatic rings. The molecule has 0 saturated heterocycles. The summed E-state index contributed by atoms with van der Waals surface area (Å²) in [5.74, 6) is 0. The second-order valence-corrected chi connectivity index (χ2v) is 13.5. The smallest absolute Gasteiger partial charge is 0.309 e. The van der Waals surface area contributed by atoms with Crippen LogP contribution in [0.2, 0.25) is 19.6 Å². The molecule has 0 unspecified atom stereocenters. The van der Waals surface area contributed by atoms with Crippen LogP contribution >= 0.6 is 7.60 Å². The van der Waals surface area contributed by atoms with Crippen LogP contribution in [0.3, 0.4) is 0 Å². The maximum absolute atomic E-state index is 12.4. The molecule has 1 aromatic carbocycles. The summed E-state index contributed by atoms with van der Waals surface area (Å²) in [6.45, 7) is 11.6. The van der Waals surface area contributed by atoms with E-state index in [0.29, 0.717) is 19.4 Å². The highest BCUT2D eigenvalue weighted by atomic mass is 31.2. The first-order valence-corrected chi connectivity index (χ1v) is 13.0. The van der Waals surface area contributed by atoms with Crippen molar-refractivity contribution in [1.82, 2.24) is 0 Å². The molecular weight excluding hydrogens is 299 g/mol.